The van der Waals surface area contributed by atoms with Crippen LogP contribution in [0.5, 0.6) is 5.75 Å². The second-order valence-electron chi connectivity index (χ2n) is 13.6. The molecule has 0 radical (unpaired) electrons. The minimum Gasteiger partial charge on any atom is -0.496 e. The number of likely N-dealkylation sites (tertiary alicyclic amines) is 1. The van der Waals surface area contributed by atoms with Crippen molar-refractivity contribution in [1.29, 1.82) is 0 Å². The number of aryl methyl sites for hydroxylation is 3. The maximum absolute atomic E-state index is 14.3. The number of methoxy groups -OCH3 is 1. The Morgan fingerprint density at radius 1 is 0.907 bits per heavy atom. The van der Waals surface area contributed by atoms with Gasteiger partial charge in [-0.3, -0.25) is 9.69 Å². The fourth-order valence-corrected chi connectivity index (χ4v) is 6.06. The third-order valence-electron chi connectivity index (χ3n) is 9.11. The van der Waals surface area contributed by atoms with Crippen LogP contribution >= 0.6 is 0 Å². The molecule has 0 amide bonds. The third-order valence-corrected chi connectivity index (χ3v) is 9.11. The van der Waals surface area contributed by atoms with Gasteiger partial charge in [-0.25, -0.2) is 13.2 Å². The Hall–Kier alpha value is -4.54. The largest absolute Gasteiger partial charge is 0.496 e. The quantitative estimate of drug-likeness (QED) is 0.222. The standard InChI is InChI=1S/C25H29F2NO.C15H21FN2O.C3H6.CH2O2/c1-19-7-4-5-10-22(20(2)9-6-8-19)23-17-21(11-12-24(23)29-3)18-28-15-13-25(26,27)14-16-28;1-4-17-12(3)15-11(2)9-13(10-14(15)16)18-5-7-19-8-6-18;1-2-3-1;2-1-3/h4-12,17H,13-16,18H2,1-3H3;9-10,17H,3-8H2,1-2H3;1-3H2;1H,(H,2,3). The molecular weight excluding hydrogens is 691 g/mol. The van der Waals surface area contributed by atoms with Crippen LogP contribution in [0.2, 0.25) is 0 Å². The van der Waals surface area contributed by atoms with Crippen LogP contribution in [0.1, 0.15) is 66.8 Å². The summed E-state index contributed by atoms with van der Waals surface area (Å²) in [5.41, 5.74) is 8.58. The number of morpholine rings is 1. The molecular formula is C44H58F3N3O4. The van der Waals surface area contributed by atoms with E-state index in [1.807, 2.05) is 44.2 Å². The number of nitrogens with zero attached hydrogens (tertiary/aromatic N) is 2. The predicted molar refractivity (Wildman–Crippen MR) is 214 cm³/mol. The summed E-state index contributed by atoms with van der Waals surface area (Å²) in [6.45, 7) is 17.0. The summed E-state index contributed by atoms with van der Waals surface area (Å²) >= 11 is 0. The molecule has 2 aliphatic heterocycles. The molecule has 0 spiro atoms. The maximum Gasteiger partial charge on any atom is 0.290 e. The van der Waals surface area contributed by atoms with Gasteiger partial charge in [0.2, 0.25) is 0 Å². The van der Waals surface area contributed by atoms with Crippen molar-refractivity contribution in [2.24, 2.45) is 0 Å². The van der Waals surface area contributed by atoms with E-state index in [9.17, 15) is 13.2 Å². The first kappa shape index (κ1) is 43.9. The fraction of sp³-hybridized carbons (Fsp3) is 0.432. The van der Waals surface area contributed by atoms with Gasteiger partial charge in [0.25, 0.3) is 12.4 Å². The normalized spacial score (nSPS) is 15.7. The van der Waals surface area contributed by atoms with Crippen molar-refractivity contribution >= 4 is 17.9 Å². The van der Waals surface area contributed by atoms with Gasteiger partial charge in [0.05, 0.1) is 20.3 Å². The number of anilines is 1. The van der Waals surface area contributed by atoms with Crippen LogP contribution in [0.4, 0.5) is 18.9 Å². The second-order valence-corrected chi connectivity index (χ2v) is 13.6. The van der Waals surface area contributed by atoms with Gasteiger partial charge in [0, 0.05) is 74.6 Å². The van der Waals surface area contributed by atoms with E-state index in [0.29, 0.717) is 44.1 Å². The minimum atomic E-state index is -2.52. The number of hydrogen-bond acceptors (Lipinski definition) is 6. The third kappa shape index (κ3) is 14.7. The highest BCUT2D eigenvalue weighted by Gasteiger charge is 2.33. The molecule has 54 heavy (non-hydrogen) atoms. The molecule has 0 bridgehead atoms. The average molecular weight is 750 g/mol. The van der Waals surface area contributed by atoms with Gasteiger partial charge >= 0.3 is 0 Å². The lowest BCUT2D eigenvalue weighted by Gasteiger charge is -2.31. The molecule has 1 saturated carbocycles. The number of halogens is 3. The van der Waals surface area contributed by atoms with Crippen LogP contribution in [0.25, 0.3) is 16.8 Å². The van der Waals surface area contributed by atoms with Gasteiger partial charge in [-0.05, 0) is 74.2 Å². The number of carbonyl (C=O) groups is 1. The number of ether oxygens (including phenoxy) is 2. The molecule has 3 aromatic carbocycles. The Kier molecular flexibility index (Phi) is 18.4. The number of piperidine rings is 1. The first-order valence-corrected chi connectivity index (χ1v) is 18.7. The zero-order chi connectivity index (χ0) is 39.5. The molecule has 3 fully saturated rings. The topological polar surface area (TPSA) is 74.3 Å². The Balaban J connectivity index is 0.000000267. The molecule has 0 unspecified atom stereocenters. The lowest BCUT2D eigenvalue weighted by molar-refractivity contribution is -0.122. The van der Waals surface area contributed by atoms with Crippen LogP contribution in [0.3, 0.4) is 0 Å². The van der Waals surface area contributed by atoms with Crippen molar-refractivity contribution in [3.63, 3.8) is 0 Å². The van der Waals surface area contributed by atoms with Crippen LogP contribution in [-0.2, 0) is 16.1 Å². The molecule has 2 heterocycles. The van der Waals surface area contributed by atoms with Crippen molar-refractivity contribution in [3.05, 3.63) is 113 Å². The van der Waals surface area contributed by atoms with Crippen molar-refractivity contribution in [2.45, 2.75) is 72.3 Å². The molecule has 294 valence electrons. The Morgan fingerprint density at radius 3 is 2.13 bits per heavy atom. The minimum absolute atomic E-state index is 0.0624. The zero-order valence-electron chi connectivity index (χ0n) is 32.6. The molecule has 7 nitrogen and oxygen atoms in total. The lowest BCUT2D eigenvalue weighted by Crippen LogP contribution is -2.38. The summed E-state index contributed by atoms with van der Waals surface area (Å²) in [6, 6.07) is 24.2. The highest BCUT2D eigenvalue weighted by Crippen LogP contribution is 2.34. The van der Waals surface area contributed by atoms with Crippen molar-refractivity contribution < 1.29 is 32.5 Å². The Bertz CT molecular complexity index is 1670. The maximum atomic E-state index is 14.3. The summed E-state index contributed by atoms with van der Waals surface area (Å²) in [6.07, 6.45) is 4.38. The van der Waals surface area contributed by atoms with Crippen LogP contribution in [0, 0.1) is 26.6 Å². The molecule has 2 saturated heterocycles. The summed E-state index contributed by atoms with van der Waals surface area (Å²) in [4.78, 5) is 12.6. The van der Waals surface area contributed by atoms with Crippen LogP contribution < -0.4 is 15.0 Å². The SMILES string of the molecule is C1CC1.C=C(NCC)c1c(C)cc(N2CCOCC2)cc1F.COc1ccc(CN2CCC(F)(F)CC2)cc1-c1ccccc(C)cccc1C.O=CO. The average Bonchev–Trinajstić information content (AvgIpc) is 4.04. The molecule has 0 atom stereocenters. The molecule has 10 heteroatoms. The van der Waals surface area contributed by atoms with Crippen molar-refractivity contribution in [1.82, 2.24) is 10.2 Å². The number of rotatable bonds is 8. The molecule has 6 rings (SSSR count). The van der Waals surface area contributed by atoms with Gasteiger partial charge in [-0.2, -0.15) is 0 Å². The van der Waals surface area contributed by atoms with E-state index in [0.717, 1.165) is 58.9 Å². The molecule has 3 aliphatic rings. The van der Waals surface area contributed by atoms with E-state index < -0.39 is 5.92 Å². The van der Waals surface area contributed by atoms with Crippen molar-refractivity contribution in [2.75, 3.05) is 57.9 Å². The van der Waals surface area contributed by atoms with E-state index >= 15 is 0 Å². The van der Waals surface area contributed by atoms with E-state index in [2.05, 4.69) is 71.9 Å². The van der Waals surface area contributed by atoms with Gasteiger partial charge in [0.1, 0.15) is 11.6 Å². The summed E-state index contributed by atoms with van der Waals surface area (Å²) < 4.78 is 52.1. The second kappa shape index (κ2) is 22.6. The van der Waals surface area contributed by atoms with Crippen molar-refractivity contribution in [3.8, 4) is 16.9 Å². The number of nitrogens with one attached hydrogen (secondary N) is 1. The van der Waals surface area contributed by atoms with Gasteiger partial charge in [-0.1, -0.05) is 79.9 Å². The molecule has 1 aliphatic carbocycles. The van der Waals surface area contributed by atoms with Crippen LogP contribution in [0.15, 0.2) is 79.4 Å². The van der Waals surface area contributed by atoms with Gasteiger partial charge < -0.3 is 24.8 Å². The summed E-state index contributed by atoms with van der Waals surface area (Å²) in [5, 5.41) is 9.96. The highest BCUT2D eigenvalue weighted by molar-refractivity contribution is 5.73. The van der Waals surface area contributed by atoms with Gasteiger partial charge in [0.15, 0.2) is 0 Å². The molecule has 3 aromatic rings. The van der Waals surface area contributed by atoms with E-state index in [4.69, 9.17) is 19.4 Å². The number of carboxylic acid groups (broad SMARTS) is 1. The number of benzene rings is 2. The summed E-state index contributed by atoms with van der Waals surface area (Å²) in [7, 11) is 1.67. The zero-order valence-corrected chi connectivity index (χ0v) is 32.6. The monoisotopic (exact) mass is 749 g/mol. The summed E-state index contributed by atoms with van der Waals surface area (Å²) in [5.74, 6) is -1.93. The number of alkyl halides is 2. The lowest BCUT2D eigenvalue weighted by atomic mass is 9.98. The first-order chi connectivity index (χ1) is 25.9. The molecule has 2 N–H and O–H groups in total. The Morgan fingerprint density at radius 2 is 1.54 bits per heavy atom. The van der Waals surface area contributed by atoms with E-state index in [1.165, 1.54) is 24.8 Å². The first-order valence-electron chi connectivity index (χ1n) is 18.7. The molecule has 0 aromatic heterocycles. The fourth-order valence-electron chi connectivity index (χ4n) is 6.06. The van der Waals surface area contributed by atoms with Gasteiger partial charge in [-0.15, -0.1) is 0 Å². The Labute approximate surface area is 320 Å². The van der Waals surface area contributed by atoms with E-state index in [-0.39, 0.29) is 25.1 Å². The number of hydrogen-bond donors (Lipinski definition) is 2. The van der Waals surface area contributed by atoms with Crippen LogP contribution in [-0.4, -0.2) is 75.4 Å². The van der Waals surface area contributed by atoms with E-state index in [1.54, 1.807) is 13.2 Å². The smallest absolute Gasteiger partial charge is 0.290 e. The highest BCUT2D eigenvalue weighted by atomic mass is 19.3. The predicted octanol–water partition coefficient (Wildman–Crippen LogP) is 9.76.